The van der Waals surface area contributed by atoms with Gasteiger partial charge in [-0.05, 0) is 18.6 Å². The summed E-state index contributed by atoms with van der Waals surface area (Å²) in [5.41, 5.74) is 0. The predicted octanol–water partition coefficient (Wildman–Crippen LogP) is 1.16. The first-order chi connectivity index (χ1) is 7.33. The minimum Gasteiger partial charge on any atom is -0.336 e. The van der Waals surface area contributed by atoms with Gasteiger partial charge in [-0.2, -0.15) is 11.8 Å². The number of carbonyl (C=O) groups excluding carboxylic acids is 2. The van der Waals surface area contributed by atoms with E-state index in [1.54, 1.807) is 0 Å². The second-order valence-electron chi connectivity index (χ2n) is 3.64. The summed E-state index contributed by atoms with van der Waals surface area (Å²) in [6.45, 7) is 0.747. The highest BCUT2D eigenvalue weighted by Gasteiger charge is 2.18. The van der Waals surface area contributed by atoms with Gasteiger partial charge in [-0.25, -0.2) is 4.79 Å². The van der Waals surface area contributed by atoms with Gasteiger partial charge in [0.1, 0.15) is 6.29 Å². The van der Waals surface area contributed by atoms with Gasteiger partial charge in [-0.15, -0.1) is 0 Å². The quantitative estimate of drug-likeness (QED) is 0.486. The average Bonchev–Trinajstić information content (AvgIpc) is 2.63. The van der Waals surface area contributed by atoms with Crippen molar-refractivity contribution in [3.63, 3.8) is 0 Å². The number of thioether (sulfide) groups is 1. The summed E-state index contributed by atoms with van der Waals surface area (Å²) in [7, 11) is 0. The van der Waals surface area contributed by atoms with Crippen LogP contribution in [0, 0.1) is 0 Å². The molecule has 86 valence electrons. The minimum absolute atomic E-state index is 0.0495. The molecule has 1 saturated heterocycles. The predicted molar refractivity (Wildman–Crippen MR) is 62.2 cm³/mol. The van der Waals surface area contributed by atoms with Gasteiger partial charge < -0.3 is 15.4 Å². The lowest BCUT2D eigenvalue weighted by molar-refractivity contribution is -0.107. The molecule has 0 bridgehead atoms. The highest BCUT2D eigenvalue weighted by Crippen LogP contribution is 2.09. The number of hydrogen-bond donors (Lipinski definition) is 2. The molecule has 1 heterocycles. The van der Waals surface area contributed by atoms with Gasteiger partial charge >= 0.3 is 6.03 Å². The van der Waals surface area contributed by atoms with Crippen LogP contribution in [0.2, 0.25) is 0 Å². The molecule has 1 unspecified atom stereocenters. The van der Waals surface area contributed by atoms with Crippen molar-refractivity contribution in [1.82, 2.24) is 10.6 Å². The van der Waals surface area contributed by atoms with E-state index in [1.807, 2.05) is 11.8 Å². The van der Waals surface area contributed by atoms with Crippen LogP contribution in [0.3, 0.4) is 0 Å². The Hall–Kier alpha value is -0.710. The number of carbonyl (C=O) groups is 2. The van der Waals surface area contributed by atoms with Crippen molar-refractivity contribution in [2.24, 2.45) is 0 Å². The first kappa shape index (κ1) is 12.4. The van der Waals surface area contributed by atoms with Crippen LogP contribution in [0.4, 0.5) is 4.79 Å². The SMILES string of the molecule is O=CCCCCCSCC1CNC(=O)N1. The van der Waals surface area contributed by atoms with Crippen molar-refractivity contribution in [3.8, 4) is 0 Å². The summed E-state index contributed by atoms with van der Waals surface area (Å²) < 4.78 is 0. The lowest BCUT2D eigenvalue weighted by Gasteiger charge is -2.07. The molecule has 1 rings (SSSR count). The summed E-state index contributed by atoms with van der Waals surface area (Å²) in [4.78, 5) is 20.8. The Bertz CT molecular complexity index is 212. The molecule has 15 heavy (non-hydrogen) atoms. The van der Waals surface area contributed by atoms with Gasteiger partial charge in [-0.3, -0.25) is 0 Å². The largest absolute Gasteiger partial charge is 0.336 e. The average molecular weight is 230 g/mol. The molecule has 0 aliphatic carbocycles. The van der Waals surface area contributed by atoms with E-state index in [9.17, 15) is 9.59 Å². The van der Waals surface area contributed by atoms with Crippen LogP contribution in [-0.2, 0) is 4.79 Å². The number of aldehydes is 1. The Balaban J connectivity index is 1.84. The standard InChI is InChI=1S/C10H18N2O2S/c13-5-3-1-2-4-6-15-8-9-7-11-10(14)12-9/h5,9H,1-4,6-8H2,(H2,11,12,14). The van der Waals surface area contributed by atoms with Crippen LogP contribution in [-0.4, -0.2) is 36.4 Å². The first-order valence-corrected chi connectivity index (χ1v) is 6.54. The molecular formula is C10H18N2O2S. The molecule has 0 radical (unpaired) electrons. The van der Waals surface area contributed by atoms with Crippen LogP contribution < -0.4 is 10.6 Å². The topological polar surface area (TPSA) is 58.2 Å². The monoisotopic (exact) mass is 230 g/mol. The molecule has 0 spiro atoms. The number of urea groups is 1. The minimum atomic E-state index is -0.0495. The fourth-order valence-electron chi connectivity index (χ4n) is 1.44. The smallest absolute Gasteiger partial charge is 0.315 e. The molecule has 0 aromatic rings. The van der Waals surface area contributed by atoms with Gasteiger partial charge in [0.15, 0.2) is 0 Å². The summed E-state index contributed by atoms with van der Waals surface area (Å²) in [5.74, 6) is 2.09. The molecular weight excluding hydrogens is 212 g/mol. The third kappa shape index (κ3) is 5.67. The highest BCUT2D eigenvalue weighted by molar-refractivity contribution is 7.99. The van der Waals surface area contributed by atoms with Crippen molar-refractivity contribution in [2.45, 2.75) is 31.7 Å². The Morgan fingerprint density at radius 3 is 2.93 bits per heavy atom. The third-order valence-corrected chi connectivity index (χ3v) is 3.49. The van der Waals surface area contributed by atoms with Gasteiger partial charge in [0.05, 0.1) is 6.04 Å². The molecule has 0 aromatic carbocycles. The summed E-state index contributed by atoms with van der Waals surface area (Å²) in [6.07, 6.45) is 4.96. The van der Waals surface area contributed by atoms with Crippen LogP contribution in [0.1, 0.15) is 25.7 Å². The maximum absolute atomic E-state index is 10.8. The number of amides is 2. The van der Waals surface area contributed by atoms with E-state index in [0.29, 0.717) is 6.42 Å². The molecule has 4 nitrogen and oxygen atoms in total. The lowest BCUT2D eigenvalue weighted by atomic mass is 10.2. The van der Waals surface area contributed by atoms with Crippen molar-refractivity contribution in [1.29, 1.82) is 0 Å². The lowest BCUT2D eigenvalue weighted by Crippen LogP contribution is -2.28. The highest BCUT2D eigenvalue weighted by atomic mass is 32.2. The zero-order valence-electron chi connectivity index (χ0n) is 8.83. The molecule has 0 aromatic heterocycles. The third-order valence-electron chi connectivity index (χ3n) is 2.27. The molecule has 2 N–H and O–H groups in total. The maximum atomic E-state index is 10.8. The van der Waals surface area contributed by atoms with Crippen LogP contribution in [0.5, 0.6) is 0 Å². The molecule has 5 heteroatoms. The Labute approximate surface area is 94.6 Å². The number of rotatable bonds is 8. The summed E-state index contributed by atoms with van der Waals surface area (Å²) >= 11 is 1.87. The Morgan fingerprint density at radius 2 is 2.27 bits per heavy atom. The van der Waals surface area contributed by atoms with Crippen molar-refractivity contribution in [2.75, 3.05) is 18.1 Å². The van der Waals surface area contributed by atoms with E-state index in [-0.39, 0.29) is 12.1 Å². The summed E-state index contributed by atoms with van der Waals surface area (Å²) in [6, 6.07) is 0.240. The molecule has 1 aliphatic heterocycles. The van der Waals surface area contributed by atoms with Gasteiger partial charge in [0.25, 0.3) is 0 Å². The van der Waals surface area contributed by atoms with E-state index in [2.05, 4.69) is 10.6 Å². The van der Waals surface area contributed by atoms with E-state index >= 15 is 0 Å². The van der Waals surface area contributed by atoms with E-state index in [0.717, 1.165) is 43.6 Å². The van der Waals surface area contributed by atoms with E-state index in [1.165, 1.54) is 0 Å². The Morgan fingerprint density at radius 1 is 1.40 bits per heavy atom. The Kier molecular flexibility index (Phi) is 6.23. The number of unbranched alkanes of at least 4 members (excludes halogenated alkanes) is 3. The van der Waals surface area contributed by atoms with Crippen molar-refractivity contribution >= 4 is 24.1 Å². The maximum Gasteiger partial charge on any atom is 0.315 e. The van der Waals surface area contributed by atoms with E-state index in [4.69, 9.17) is 0 Å². The van der Waals surface area contributed by atoms with Crippen molar-refractivity contribution < 1.29 is 9.59 Å². The van der Waals surface area contributed by atoms with E-state index < -0.39 is 0 Å². The second-order valence-corrected chi connectivity index (χ2v) is 4.79. The molecule has 2 amide bonds. The van der Waals surface area contributed by atoms with Crippen LogP contribution in [0.25, 0.3) is 0 Å². The second kappa shape index (κ2) is 7.56. The molecule has 1 fully saturated rings. The summed E-state index contributed by atoms with van der Waals surface area (Å²) in [5, 5.41) is 5.58. The zero-order chi connectivity index (χ0) is 10.9. The van der Waals surface area contributed by atoms with Crippen LogP contribution in [0.15, 0.2) is 0 Å². The van der Waals surface area contributed by atoms with Crippen molar-refractivity contribution in [3.05, 3.63) is 0 Å². The van der Waals surface area contributed by atoms with Gasteiger partial charge in [-0.1, -0.05) is 6.42 Å². The van der Waals surface area contributed by atoms with Gasteiger partial charge in [0, 0.05) is 18.7 Å². The van der Waals surface area contributed by atoms with Crippen LogP contribution >= 0.6 is 11.8 Å². The zero-order valence-corrected chi connectivity index (χ0v) is 9.65. The molecule has 1 atom stereocenters. The fourth-order valence-corrected chi connectivity index (χ4v) is 2.50. The molecule has 0 saturated carbocycles. The van der Waals surface area contributed by atoms with Gasteiger partial charge in [0.2, 0.25) is 0 Å². The molecule has 1 aliphatic rings. The number of hydrogen-bond acceptors (Lipinski definition) is 3. The number of nitrogens with one attached hydrogen (secondary N) is 2. The first-order valence-electron chi connectivity index (χ1n) is 5.38. The fraction of sp³-hybridized carbons (Fsp3) is 0.800. The normalized spacial score (nSPS) is 19.7.